The van der Waals surface area contributed by atoms with E-state index in [2.05, 4.69) is 34.2 Å². The van der Waals surface area contributed by atoms with Gasteiger partial charge in [0.1, 0.15) is 0 Å². The normalized spacial score (nSPS) is 15.5. The Morgan fingerprint density at radius 3 is 2.64 bits per heavy atom. The molecule has 0 saturated carbocycles. The van der Waals surface area contributed by atoms with Crippen LogP contribution in [0.15, 0.2) is 60.8 Å². The zero-order valence-electron chi connectivity index (χ0n) is 15.8. The Morgan fingerprint density at radius 1 is 1.07 bits per heavy atom. The second-order valence-corrected chi connectivity index (χ2v) is 7.61. The fourth-order valence-electron chi connectivity index (χ4n) is 3.66. The summed E-state index contributed by atoms with van der Waals surface area (Å²) < 4.78 is 0. The molecule has 1 aliphatic rings. The van der Waals surface area contributed by atoms with Crippen LogP contribution in [-0.2, 0) is 11.2 Å². The van der Waals surface area contributed by atoms with Crippen molar-refractivity contribution in [2.75, 3.05) is 32.7 Å². The van der Waals surface area contributed by atoms with Gasteiger partial charge < -0.3 is 9.88 Å². The zero-order chi connectivity index (χ0) is 19.3. The summed E-state index contributed by atoms with van der Waals surface area (Å²) in [7, 11) is 0. The number of benzene rings is 2. The average Bonchev–Trinajstić information content (AvgIpc) is 3.11. The van der Waals surface area contributed by atoms with E-state index < -0.39 is 0 Å². The lowest BCUT2D eigenvalue weighted by Crippen LogP contribution is -2.49. The molecule has 0 radical (unpaired) electrons. The van der Waals surface area contributed by atoms with Crippen LogP contribution in [0.5, 0.6) is 0 Å². The van der Waals surface area contributed by atoms with Crippen LogP contribution in [0.3, 0.4) is 0 Å². The van der Waals surface area contributed by atoms with Gasteiger partial charge in [-0.05, 0) is 23.3 Å². The summed E-state index contributed by atoms with van der Waals surface area (Å²) >= 11 is 6.04. The summed E-state index contributed by atoms with van der Waals surface area (Å²) in [6.07, 6.45) is 6.70. The minimum Gasteiger partial charge on any atom is -0.361 e. The first-order chi connectivity index (χ1) is 13.7. The second-order valence-electron chi connectivity index (χ2n) is 7.18. The maximum atomic E-state index is 12.7. The van der Waals surface area contributed by atoms with E-state index in [-0.39, 0.29) is 5.91 Å². The van der Waals surface area contributed by atoms with Gasteiger partial charge in [-0.2, -0.15) is 0 Å². The minimum absolute atomic E-state index is 0.190. The van der Waals surface area contributed by atoms with Crippen LogP contribution in [0.25, 0.3) is 17.0 Å². The largest absolute Gasteiger partial charge is 0.361 e. The van der Waals surface area contributed by atoms with Crippen molar-refractivity contribution in [1.29, 1.82) is 0 Å². The Labute approximate surface area is 170 Å². The van der Waals surface area contributed by atoms with E-state index in [0.717, 1.165) is 49.2 Å². The number of piperazine rings is 1. The summed E-state index contributed by atoms with van der Waals surface area (Å²) in [5.74, 6) is 0.190. The highest BCUT2D eigenvalue weighted by atomic mass is 35.5. The van der Waals surface area contributed by atoms with Gasteiger partial charge in [-0.3, -0.25) is 9.69 Å². The molecule has 1 aromatic heterocycles. The van der Waals surface area contributed by atoms with Crippen molar-refractivity contribution in [2.24, 2.45) is 0 Å². The predicted octanol–water partition coefficient (Wildman–Crippen LogP) is 4.22. The number of aromatic amines is 1. The molecule has 0 atom stereocenters. The van der Waals surface area contributed by atoms with Crippen molar-refractivity contribution in [2.45, 2.75) is 6.42 Å². The van der Waals surface area contributed by atoms with Crippen LogP contribution >= 0.6 is 11.6 Å². The van der Waals surface area contributed by atoms with Crippen molar-refractivity contribution in [3.63, 3.8) is 0 Å². The fourth-order valence-corrected chi connectivity index (χ4v) is 3.83. The van der Waals surface area contributed by atoms with Gasteiger partial charge in [0.2, 0.25) is 5.91 Å². The van der Waals surface area contributed by atoms with Crippen molar-refractivity contribution >= 4 is 34.5 Å². The third-order valence-corrected chi connectivity index (χ3v) is 5.50. The highest BCUT2D eigenvalue weighted by molar-refractivity contribution is 6.31. The number of amides is 1. The van der Waals surface area contributed by atoms with Gasteiger partial charge in [0, 0.05) is 54.8 Å². The molecule has 0 unspecified atom stereocenters. The highest BCUT2D eigenvalue weighted by Crippen LogP contribution is 2.23. The maximum absolute atomic E-state index is 12.7. The second kappa shape index (κ2) is 8.63. The van der Waals surface area contributed by atoms with E-state index >= 15 is 0 Å². The molecular formula is C23H24ClN3O. The number of nitrogens with one attached hydrogen (secondary N) is 1. The highest BCUT2D eigenvalue weighted by Gasteiger charge is 2.21. The SMILES string of the molecule is O=C(Cc1c[nH]c2cc(Cl)ccc12)N1CCN(C/C=C/c2ccccc2)CC1. The van der Waals surface area contributed by atoms with Gasteiger partial charge in [0.05, 0.1) is 6.42 Å². The smallest absolute Gasteiger partial charge is 0.227 e. The van der Waals surface area contributed by atoms with Crippen molar-refractivity contribution < 1.29 is 4.79 Å². The third kappa shape index (κ3) is 4.46. The first kappa shape index (κ1) is 18.8. The van der Waals surface area contributed by atoms with Crippen molar-refractivity contribution in [3.8, 4) is 0 Å². The van der Waals surface area contributed by atoms with Crippen LogP contribution in [0, 0.1) is 0 Å². The van der Waals surface area contributed by atoms with E-state index in [4.69, 9.17) is 11.6 Å². The lowest BCUT2D eigenvalue weighted by atomic mass is 10.1. The Bertz CT molecular complexity index is 972. The van der Waals surface area contributed by atoms with Crippen LogP contribution in [-0.4, -0.2) is 53.4 Å². The van der Waals surface area contributed by atoms with E-state index in [1.807, 2.05) is 47.5 Å². The summed E-state index contributed by atoms with van der Waals surface area (Å²) in [4.78, 5) is 20.3. The molecule has 2 aromatic carbocycles. The summed E-state index contributed by atoms with van der Waals surface area (Å²) in [5, 5.41) is 1.77. The van der Waals surface area contributed by atoms with Crippen LogP contribution in [0.4, 0.5) is 0 Å². The number of fused-ring (bicyclic) bond motifs is 1. The van der Waals surface area contributed by atoms with Crippen molar-refractivity contribution in [1.82, 2.24) is 14.8 Å². The molecule has 1 aliphatic heterocycles. The Morgan fingerprint density at radius 2 is 1.86 bits per heavy atom. The number of rotatable bonds is 5. The predicted molar refractivity (Wildman–Crippen MR) is 116 cm³/mol. The molecule has 144 valence electrons. The molecule has 1 saturated heterocycles. The quantitative estimate of drug-likeness (QED) is 0.704. The number of aromatic nitrogens is 1. The molecule has 28 heavy (non-hydrogen) atoms. The fraction of sp³-hybridized carbons (Fsp3) is 0.261. The molecule has 4 rings (SSSR count). The monoisotopic (exact) mass is 393 g/mol. The van der Waals surface area contributed by atoms with E-state index in [1.165, 1.54) is 5.56 Å². The first-order valence-electron chi connectivity index (χ1n) is 9.66. The van der Waals surface area contributed by atoms with Crippen LogP contribution in [0.2, 0.25) is 5.02 Å². The lowest BCUT2D eigenvalue weighted by Gasteiger charge is -2.34. The molecule has 1 N–H and O–H groups in total. The molecular weight excluding hydrogens is 370 g/mol. The summed E-state index contributed by atoms with van der Waals surface area (Å²) in [5.41, 5.74) is 3.23. The molecule has 4 nitrogen and oxygen atoms in total. The van der Waals surface area contributed by atoms with E-state index in [9.17, 15) is 4.79 Å². The summed E-state index contributed by atoms with van der Waals surface area (Å²) in [6.45, 7) is 4.31. The van der Waals surface area contributed by atoms with Crippen molar-refractivity contribution in [3.05, 3.63) is 77.0 Å². The minimum atomic E-state index is 0.190. The average molecular weight is 394 g/mol. The van der Waals surface area contributed by atoms with Gasteiger partial charge in [-0.15, -0.1) is 0 Å². The summed E-state index contributed by atoms with van der Waals surface area (Å²) in [6, 6.07) is 16.1. The standard InChI is InChI=1S/C23H24ClN3O/c24-20-8-9-21-19(17-25-22(21)16-20)15-23(28)27-13-11-26(12-14-27)10-4-7-18-5-2-1-3-6-18/h1-9,16-17,25H,10-15H2/b7-4+. The number of hydrogen-bond acceptors (Lipinski definition) is 2. The molecule has 3 aromatic rings. The van der Waals surface area contributed by atoms with Crippen LogP contribution in [0.1, 0.15) is 11.1 Å². The number of nitrogens with zero attached hydrogens (tertiary/aromatic N) is 2. The molecule has 0 spiro atoms. The number of halogens is 1. The topological polar surface area (TPSA) is 39.3 Å². The number of carbonyl (C=O) groups excluding carboxylic acids is 1. The Kier molecular flexibility index (Phi) is 5.79. The van der Waals surface area contributed by atoms with Gasteiger partial charge in [0.25, 0.3) is 0 Å². The first-order valence-corrected chi connectivity index (χ1v) is 10.0. The van der Waals surface area contributed by atoms with Gasteiger partial charge in [-0.1, -0.05) is 60.2 Å². The lowest BCUT2D eigenvalue weighted by molar-refractivity contribution is -0.132. The number of carbonyl (C=O) groups is 1. The van der Waals surface area contributed by atoms with Gasteiger partial charge in [-0.25, -0.2) is 0 Å². The molecule has 0 bridgehead atoms. The number of hydrogen-bond donors (Lipinski definition) is 1. The zero-order valence-corrected chi connectivity index (χ0v) is 16.5. The molecule has 2 heterocycles. The molecule has 1 fully saturated rings. The Hall–Kier alpha value is -2.56. The van der Waals surface area contributed by atoms with Gasteiger partial charge in [0.15, 0.2) is 0 Å². The third-order valence-electron chi connectivity index (χ3n) is 5.27. The molecule has 0 aliphatic carbocycles. The molecule has 1 amide bonds. The van der Waals surface area contributed by atoms with E-state index in [0.29, 0.717) is 11.4 Å². The molecule has 5 heteroatoms. The van der Waals surface area contributed by atoms with Crippen LogP contribution < -0.4 is 0 Å². The van der Waals surface area contributed by atoms with Gasteiger partial charge >= 0.3 is 0 Å². The number of H-pyrrole nitrogens is 1. The van der Waals surface area contributed by atoms with E-state index in [1.54, 1.807) is 0 Å². The Balaban J connectivity index is 1.28. The maximum Gasteiger partial charge on any atom is 0.227 e.